The first-order valence-electron chi connectivity index (χ1n) is 5.66. The van der Waals surface area contributed by atoms with Gasteiger partial charge in [0.15, 0.2) is 5.16 Å². The van der Waals surface area contributed by atoms with E-state index in [0.717, 1.165) is 30.0 Å². The molecule has 0 aliphatic carbocycles. The molecule has 1 saturated heterocycles. The minimum atomic E-state index is 0.564. The molecule has 1 unspecified atom stereocenters. The largest absolute Gasteiger partial charge is 0.383 e. The maximum Gasteiger partial charge on any atom is 0.191 e. The molecule has 1 aromatic heterocycles. The summed E-state index contributed by atoms with van der Waals surface area (Å²) in [6.07, 6.45) is 4.47. The third kappa shape index (κ3) is 2.40. The number of hydrogen-bond donors (Lipinski definition) is 1. The van der Waals surface area contributed by atoms with Crippen molar-refractivity contribution in [3.63, 3.8) is 0 Å². The molecule has 5 heteroatoms. The minimum absolute atomic E-state index is 0.564. The van der Waals surface area contributed by atoms with Crippen LogP contribution in [-0.4, -0.2) is 29.3 Å². The molecule has 0 spiro atoms. The van der Waals surface area contributed by atoms with E-state index in [9.17, 15) is 0 Å². The summed E-state index contributed by atoms with van der Waals surface area (Å²) >= 11 is 1.53. The highest BCUT2D eigenvalue weighted by Gasteiger charge is 2.22. The van der Waals surface area contributed by atoms with Crippen LogP contribution < -0.4 is 10.6 Å². The quantitative estimate of drug-likeness (QED) is 0.645. The van der Waals surface area contributed by atoms with Gasteiger partial charge in [-0.05, 0) is 18.6 Å². The summed E-state index contributed by atoms with van der Waals surface area (Å²) in [4.78, 5) is 11.0. The normalized spacial score (nSPS) is 20.4. The third-order valence-corrected chi connectivity index (χ3v) is 3.63. The van der Waals surface area contributed by atoms with Gasteiger partial charge < -0.3 is 10.6 Å². The van der Waals surface area contributed by atoms with Crippen LogP contribution in [0, 0.1) is 5.92 Å². The van der Waals surface area contributed by atoms with E-state index in [4.69, 9.17) is 5.73 Å². The second-order valence-corrected chi connectivity index (χ2v) is 4.92. The summed E-state index contributed by atoms with van der Waals surface area (Å²) in [7, 11) is 0. The van der Waals surface area contributed by atoms with Crippen molar-refractivity contribution in [1.29, 1.82) is 0 Å². The first-order valence-corrected chi connectivity index (χ1v) is 6.89. The number of anilines is 2. The molecule has 1 aliphatic rings. The molecular formula is C11H18N4S. The van der Waals surface area contributed by atoms with Gasteiger partial charge in [0.05, 0.1) is 0 Å². The second kappa shape index (κ2) is 4.91. The molecule has 1 atom stereocenters. The first kappa shape index (κ1) is 11.5. The van der Waals surface area contributed by atoms with E-state index in [-0.39, 0.29) is 0 Å². The topological polar surface area (TPSA) is 55.0 Å². The van der Waals surface area contributed by atoms with Crippen LogP contribution >= 0.6 is 11.8 Å². The molecule has 0 bridgehead atoms. The number of nitrogens with two attached hydrogens (primary N) is 1. The van der Waals surface area contributed by atoms with Crippen LogP contribution in [0.3, 0.4) is 0 Å². The number of rotatable bonds is 3. The Hall–Kier alpha value is -0.970. The fraction of sp³-hybridized carbons (Fsp3) is 0.636. The van der Waals surface area contributed by atoms with Gasteiger partial charge in [-0.15, -0.1) is 0 Å². The van der Waals surface area contributed by atoms with Gasteiger partial charge in [0.25, 0.3) is 0 Å². The molecule has 0 radical (unpaired) electrons. The molecule has 16 heavy (non-hydrogen) atoms. The summed E-state index contributed by atoms with van der Waals surface area (Å²) in [5, 5.41) is 0.759. The lowest BCUT2D eigenvalue weighted by Crippen LogP contribution is -2.21. The summed E-state index contributed by atoms with van der Waals surface area (Å²) in [5.41, 5.74) is 5.78. The highest BCUT2D eigenvalue weighted by atomic mass is 32.2. The molecule has 4 nitrogen and oxygen atoms in total. The van der Waals surface area contributed by atoms with Gasteiger partial charge in [-0.2, -0.15) is 0 Å². The van der Waals surface area contributed by atoms with Crippen molar-refractivity contribution in [1.82, 2.24) is 9.97 Å². The summed E-state index contributed by atoms with van der Waals surface area (Å²) in [5.74, 6) is 2.34. The van der Waals surface area contributed by atoms with Crippen molar-refractivity contribution in [3.05, 3.63) is 6.07 Å². The summed E-state index contributed by atoms with van der Waals surface area (Å²) in [6, 6.07) is 1.87. The van der Waals surface area contributed by atoms with Gasteiger partial charge in [0.1, 0.15) is 11.6 Å². The number of nitrogen functional groups attached to an aromatic ring is 1. The van der Waals surface area contributed by atoms with Crippen LogP contribution in [-0.2, 0) is 0 Å². The van der Waals surface area contributed by atoms with Gasteiger partial charge in [-0.3, -0.25) is 0 Å². The molecule has 0 aromatic carbocycles. The monoisotopic (exact) mass is 238 g/mol. The zero-order valence-corrected chi connectivity index (χ0v) is 10.6. The Labute approximate surface area is 101 Å². The first-order chi connectivity index (χ1) is 7.72. The molecule has 1 aliphatic heterocycles. The van der Waals surface area contributed by atoms with Gasteiger partial charge >= 0.3 is 0 Å². The molecular weight excluding hydrogens is 220 g/mol. The zero-order valence-electron chi connectivity index (χ0n) is 9.81. The van der Waals surface area contributed by atoms with Crippen molar-refractivity contribution in [2.75, 3.05) is 30.0 Å². The van der Waals surface area contributed by atoms with Crippen LogP contribution in [0.25, 0.3) is 0 Å². The van der Waals surface area contributed by atoms with E-state index in [0.29, 0.717) is 5.82 Å². The Kier molecular flexibility index (Phi) is 3.53. The fourth-order valence-corrected chi connectivity index (χ4v) is 2.44. The van der Waals surface area contributed by atoms with Gasteiger partial charge in [0.2, 0.25) is 0 Å². The van der Waals surface area contributed by atoms with Crippen LogP contribution in [0.1, 0.15) is 19.8 Å². The lowest BCUT2D eigenvalue weighted by Gasteiger charge is -2.17. The summed E-state index contributed by atoms with van der Waals surface area (Å²) in [6.45, 7) is 4.43. The Balaban J connectivity index is 2.17. The van der Waals surface area contributed by atoms with Crippen molar-refractivity contribution < 1.29 is 0 Å². The number of thioether (sulfide) groups is 1. The van der Waals surface area contributed by atoms with Crippen molar-refractivity contribution in [2.24, 2.45) is 5.92 Å². The average molecular weight is 238 g/mol. The van der Waals surface area contributed by atoms with Crippen molar-refractivity contribution >= 4 is 23.4 Å². The highest BCUT2D eigenvalue weighted by molar-refractivity contribution is 7.98. The van der Waals surface area contributed by atoms with Gasteiger partial charge in [-0.25, -0.2) is 9.97 Å². The molecule has 1 fully saturated rings. The van der Waals surface area contributed by atoms with E-state index in [1.807, 2.05) is 12.3 Å². The van der Waals surface area contributed by atoms with Crippen molar-refractivity contribution in [2.45, 2.75) is 24.9 Å². The second-order valence-electron chi connectivity index (χ2n) is 4.15. The Bertz CT molecular complexity index is 369. The van der Waals surface area contributed by atoms with Crippen LogP contribution in [0.15, 0.2) is 11.2 Å². The van der Waals surface area contributed by atoms with Gasteiger partial charge in [-0.1, -0.05) is 25.1 Å². The minimum Gasteiger partial charge on any atom is -0.383 e. The molecule has 2 N–H and O–H groups in total. The summed E-state index contributed by atoms with van der Waals surface area (Å²) < 4.78 is 0. The predicted molar refractivity (Wildman–Crippen MR) is 68.8 cm³/mol. The lowest BCUT2D eigenvalue weighted by molar-refractivity contribution is 0.568. The molecule has 0 saturated carbocycles. The smallest absolute Gasteiger partial charge is 0.191 e. The SMILES string of the molecule is CCC1CCN(c2cc(N)nc(SC)n2)C1. The maximum absolute atomic E-state index is 5.78. The number of hydrogen-bond acceptors (Lipinski definition) is 5. The standard InChI is InChI=1S/C11H18N4S/c1-3-8-4-5-15(7-8)10-6-9(12)13-11(14-10)16-2/h6,8H,3-5,7H2,1-2H3,(H2,12,13,14). The van der Waals surface area contributed by atoms with Crippen LogP contribution in [0.4, 0.5) is 11.6 Å². The Morgan fingerprint density at radius 1 is 1.56 bits per heavy atom. The molecule has 2 heterocycles. The van der Waals surface area contributed by atoms with E-state index in [1.54, 1.807) is 0 Å². The van der Waals surface area contributed by atoms with Crippen LogP contribution in [0.2, 0.25) is 0 Å². The molecule has 0 amide bonds. The number of aromatic nitrogens is 2. The average Bonchev–Trinajstić information content (AvgIpc) is 2.76. The van der Waals surface area contributed by atoms with E-state index in [1.165, 1.54) is 24.6 Å². The fourth-order valence-electron chi connectivity index (χ4n) is 2.06. The molecule has 2 rings (SSSR count). The lowest BCUT2D eigenvalue weighted by atomic mass is 10.1. The molecule has 1 aromatic rings. The van der Waals surface area contributed by atoms with E-state index < -0.39 is 0 Å². The maximum atomic E-state index is 5.78. The van der Waals surface area contributed by atoms with E-state index >= 15 is 0 Å². The van der Waals surface area contributed by atoms with Gasteiger partial charge in [0, 0.05) is 19.2 Å². The number of nitrogens with zero attached hydrogens (tertiary/aromatic N) is 3. The predicted octanol–water partition coefficient (Wildman–Crippen LogP) is 2.02. The van der Waals surface area contributed by atoms with E-state index in [2.05, 4.69) is 21.8 Å². The highest BCUT2D eigenvalue weighted by Crippen LogP contribution is 2.26. The Morgan fingerprint density at radius 3 is 3.00 bits per heavy atom. The molecule has 88 valence electrons. The zero-order chi connectivity index (χ0) is 11.5. The third-order valence-electron chi connectivity index (χ3n) is 3.08. The van der Waals surface area contributed by atoms with Crippen molar-refractivity contribution in [3.8, 4) is 0 Å². The van der Waals surface area contributed by atoms with Crippen LogP contribution in [0.5, 0.6) is 0 Å². The Morgan fingerprint density at radius 2 is 2.38 bits per heavy atom.